The van der Waals surface area contributed by atoms with Crippen molar-refractivity contribution in [2.24, 2.45) is 0 Å². The predicted octanol–water partition coefficient (Wildman–Crippen LogP) is 2.22. The van der Waals surface area contributed by atoms with E-state index in [4.69, 9.17) is 5.11 Å². The normalized spacial score (nSPS) is 10.2. The molecule has 0 unspecified atom stereocenters. The first-order valence-electron chi connectivity index (χ1n) is 6.54. The van der Waals surface area contributed by atoms with Crippen molar-refractivity contribution in [3.05, 3.63) is 34.9 Å². The standard InChI is InChI=1S/C15H21NO3/c1-11-6-5-7-12(2)13(11)10-14(17)16-9-4-3-8-15(18)19/h5-7H,3-4,8-10H2,1-2H3,(H,16,17)(H,18,19). The molecule has 0 fully saturated rings. The third-order valence-corrected chi connectivity index (χ3v) is 3.12. The van der Waals surface area contributed by atoms with Crippen molar-refractivity contribution in [3.8, 4) is 0 Å². The number of hydrogen-bond acceptors (Lipinski definition) is 2. The first kappa shape index (κ1) is 15.2. The minimum Gasteiger partial charge on any atom is -0.481 e. The van der Waals surface area contributed by atoms with Crippen LogP contribution in [0, 0.1) is 13.8 Å². The number of benzene rings is 1. The van der Waals surface area contributed by atoms with Crippen molar-refractivity contribution in [2.75, 3.05) is 6.54 Å². The van der Waals surface area contributed by atoms with Crippen LogP contribution in [0.2, 0.25) is 0 Å². The van der Waals surface area contributed by atoms with Gasteiger partial charge in [-0.2, -0.15) is 0 Å². The molecule has 0 aromatic heterocycles. The summed E-state index contributed by atoms with van der Waals surface area (Å²) in [7, 11) is 0. The van der Waals surface area contributed by atoms with Crippen molar-refractivity contribution in [2.45, 2.75) is 39.5 Å². The van der Waals surface area contributed by atoms with Gasteiger partial charge in [-0.25, -0.2) is 0 Å². The Hall–Kier alpha value is -1.84. The number of carboxylic acid groups (broad SMARTS) is 1. The third-order valence-electron chi connectivity index (χ3n) is 3.12. The molecule has 1 rings (SSSR count). The van der Waals surface area contributed by atoms with Gasteiger partial charge in [0.2, 0.25) is 5.91 Å². The number of nitrogens with one attached hydrogen (secondary N) is 1. The molecular formula is C15H21NO3. The lowest BCUT2D eigenvalue weighted by molar-refractivity contribution is -0.137. The van der Waals surface area contributed by atoms with E-state index in [0.29, 0.717) is 25.8 Å². The first-order chi connectivity index (χ1) is 9.00. The van der Waals surface area contributed by atoms with E-state index in [9.17, 15) is 9.59 Å². The zero-order valence-corrected chi connectivity index (χ0v) is 11.5. The first-order valence-corrected chi connectivity index (χ1v) is 6.54. The number of rotatable bonds is 7. The fourth-order valence-corrected chi connectivity index (χ4v) is 1.98. The minimum atomic E-state index is -0.790. The summed E-state index contributed by atoms with van der Waals surface area (Å²) in [5.41, 5.74) is 3.33. The van der Waals surface area contributed by atoms with Crippen molar-refractivity contribution in [1.29, 1.82) is 0 Å². The van der Waals surface area contributed by atoms with Gasteiger partial charge in [-0.1, -0.05) is 18.2 Å². The van der Waals surface area contributed by atoms with Gasteiger partial charge in [-0.05, 0) is 43.4 Å². The Balaban J connectivity index is 2.33. The zero-order chi connectivity index (χ0) is 14.3. The van der Waals surface area contributed by atoms with Crippen molar-refractivity contribution in [3.63, 3.8) is 0 Å². The lowest BCUT2D eigenvalue weighted by Gasteiger charge is -2.10. The molecule has 0 aliphatic rings. The van der Waals surface area contributed by atoms with Crippen LogP contribution in [0.1, 0.15) is 36.0 Å². The van der Waals surface area contributed by atoms with E-state index in [1.54, 1.807) is 0 Å². The van der Waals surface area contributed by atoms with Crippen molar-refractivity contribution < 1.29 is 14.7 Å². The van der Waals surface area contributed by atoms with Crippen molar-refractivity contribution >= 4 is 11.9 Å². The van der Waals surface area contributed by atoms with E-state index >= 15 is 0 Å². The van der Waals surface area contributed by atoms with E-state index in [1.165, 1.54) is 0 Å². The molecule has 0 spiro atoms. The molecule has 0 heterocycles. The number of aryl methyl sites for hydroxylation is 2. The lowest BCUT2D eigenvalue weighted by Crippen LogP contribution is -2.26. The smallest absolute Gasteiger partial charge is 0.303 e. The summed E-state index contributed by atoms with van der Waals surface area (Å²) < 4.78 is 0. The number of carboxylic acids is 1. The number of amides is 1. The second kappa shape index (κ2) is 7.56. The summed E-state index contributed by atoms with van der Waals surface area (Å²) in [6.07, 6.45) is 1.84. The molecule has 1 aromatic carbocycles. The minimum absolute atomic E-state index is 0.00674. The molecule has 0 saturated heterocycles. The average molecular weight is 263 g/mol. The number of carbonyl (C=O) groups excluding carboxylic acids is 1. The van der Waals surface area contributed by atoms with Crippen LogP contribution >= 0.6 is 0 Å². The number of hydrogen-bond donors (Lipinski definition) is 2. The van der Waals surface area contributed by atoms with Crippen LogP contribution in [0.25, 0.3) is 0 Å². The maximum atomic E-state index is 11.8. The Labute approximate surface area is 113 Å². The molecular weight excluding hydrogens is 242 g/mol. The maximum absolute atomic E-state index is 11.8. The molecule has 4 nitrogen and oxygen atoms in total. The van der Waals surface area contributed by atoms with E-state index in [2.05, 4.69) is 5.32 Å². The van der Waals surface area contributed by atoms with Gasteiger partial charge >= 0.3 is 5.97 Å². The highest BCUT2D eigenvalue weighted by molar-refractivity contribution is 5.79. The topological polar surface area (TPSA) is 66.4 Å². The predicted molar refractivity (Wildman–Crippen MR) is 74.1 cm³/mol. The lowest BCUT2D eigenvalue weighted by atomic mass is 10.00. The highest BCUT2D eigenvalue weighted by Crippen LogP contribution is 2.13. The summed E-state index contributed by atoms with van der Waals surface area (Å²) >= 11 is 0. The molecule has 19 heavy (non-hydrogen) atoms. The van der Waals surface area contributed by atoms with Crippen LogP contribution in [-0.4, -0.2) is 23.5 Å². The van der Waals surface area contributed by atoms with Gasteiger partial charge in [0, 0.05) is 13.0 Å². The molecule has 0 saturated carbocycles. The molecule has 1 amide bonds. The highest BCUT2D eigenvalue weighted by atomic mass is 16.4. The van der Waals surface area contributed by atoms with E-state index in [0.717, 1.165) is 16.7 Å². The Morgan fingerprint density at radius 1 is 1.16 bits per heavy atom. The van der Waals surface area contributed by atoms with Gasteiger partial charge in [0.1, 0.15) is 0 Å². The second-order valence-electron chi connectivity index (χ2n) is 4.75. The Kier molecular flexibility index (Phi) is 6.06. The van der Waals surface area contributed by atoms with Gasteiger partial charge in [-0.15, -0.1) is 0 Å². The third kappa shape index (κ3) is 5.55. The van der Waals surface area contributed by atoms with Crippen LogP contribution in [0.5, 0.6) is 0 Å². The summed E-state index contributed by atoms with van der Waals surface area (Å²) in [5.74, 6) is -0.797. The van der Waals surface area contributed by atoms with Crippen LogP contribution < -0.4 is 5.32 Å². The molecule has 2 N–H and O–H groups in total. The van der Waals surface area contributed by atoms with Gasteiger partial charge in [-0.3, -0.25) is 9.59 Å². The van der Waals surface area contributed by atoms with Crippen LogP contribution in [-0.2, 0) is 16.0 Å². The molecule has 1 aromatic rings. The summed E-state index contributed by atoms with van der Waals surface area (Å²) in [6.45, 7) is 4.54. The average Bonchev–Trinajstić information content (AvgIpc) is 2.33. The largest absolute Gasteiger partial charge is 0.481 e. The van der Waals surface area contributed by atoms with Gasteiger partial charge in [0.05, 0.1) is 6.42 Å². The van der Waals surface area contributed by atoms with Crippen LogP contribution in [0.3, 0.4) is 0 Å². The summed E-state index contributed by atoms with van der Waals surface area (Å²) in [4.78, 5) is 22.1. The van der Waals surface area contributed by atoms with E-state index in [-0.39, 0.29) is 12.3 Å². The SMILES string of the molecule is Cc1cccc(C)c1CC(=O)NCCCCC(=O)O. The Morgan fingerprint density at radius 3 is 2.37 bits per heavy atom. The Morgan fingerprint density at radius 2 is 1.79 bits per heavy atom. The van der Waals surface area contributed by atoms with Crippen LogP contribution in [0.15, 0.2) is 18.2 Å². The second-order valence-corrected chi connectivity index (χ2v) is 4.75. The van der Waals surface area contributed by atoms with Crippen LogP contribution in [0.4, 0.5) is 0 Å². The highest BCUT2D eigenvalue weighted by Gasteiger charge is 2.07. The Bertz CT molecular complexity index is 434. The van der Waals surface area contributed by atoms with E-state index < -0.39 is 5.97 Å². The summed E-state index contributed by atoms with van der Waals surface area (Å²) in [6, 6.07) is 5.99. The number of carbonyl (C=O) groups is 2. The monoisotopic (exact) mass is 263 g/mol. The van der Waals surface area contributed by atoms with E-state index in [1.807, 2.05) is 32.0 Å². The molecule has 4 heteroatoms. The fraction of sp³-hybridized carbons (Fsp3) is 0.467. The molecule has 0 radical (unpaired) electrons. The number of aliphatic carboxylic acids is 1. The molecule has 0 atom stereocenters. The quantitative estimate of drug-likeness (QED) is 0.741. The van der Waals surface area contributed by atoms with Gasteiger partial charge < -0.3 is 10.4 Å². The summed E-state index contributed by atoms with van der Waals surface area (Å²) in [5, 5.41) is 11.3. The maximum Gasteiger partial charge on any atom is 0.303 e. The van der Waals surface area contributed by atoms with Gasteiger partial charge in [0.25, 0.3) is 0 Å². The van der Waals surface area contributed by atoms with Gasteiger partial charge in [0.15, 0.2) is 0 Å². The molecule has 104 valence electrons. The number of unbranched alkanes of at least 4 members (excludes halogenated alkanes) is 1. The fourth-order valence-electron chi connectivity index (χ4n) is 1.98. The molecule has 0 bridgehead atoms. The zero-order valence-electron chi connectivity index (χ0n) is 11.5. The molecule has 0 aliphatic heterocycles. The van der Waals surface area contributed by atoms with Crippen molar-refractivity contribution in [1.82, 2.24) is 5.32 Å². The molecule has 0 aliphatic carbocycles.